The number of aliphatic hydroxyl groups excluding tert-OH is 2. The molecule has 0 aliphatic rings. The van der Waals surface area contributed by atoms with Crippen LogP contribution < -0.4 is 4.74 Å². The highest BCUT2D eigenvalue weighted by molar-refractivity contribution is 5.46. The quantitative estimate of drug-likeness (QED) is 0.330. The fraction of sp³-hybridized carbons (Fsp3) is 0.500. The molecule has 3 N–H and O–H groups in total. The summed E-state index contributed by atoms with van der Waals surface area (Å²) in [5.74, 6) is 1.02. The van der Waals surface area contributed by atoms with E-state index in [0.29, 0.717) is 25.0 Å². The third-order valence-electron chi connectivity index (χ3n) is 5.55. The van der Waals surface area contributed by atoms with Crippen LogP contribution in [-0.2, 0) is 6.42 Å². The van der Waals surface area contributed by atoms with Crippen LogP contribution in [0.5, 0.6) is 11.5 Å². The van der Waals surface area contributed by atoms with Crippen molar-refractivity contribution in [2.45, 2.75) is 85.9 Å². The van der Waals surface area contributed by atoms with Crippen LogP contribution >= 0.6 is 0 Å². The summed E-state index contributed by atoms with van der Waals surface area (Å²) >= 11 is 0. The number of aromatic hydroxyl groups is 1. The second kappa shape index (κ2) is 14.0. The molecule has 0 aromatic heterocycles. The molecule has 1 rings (SSSR count). The molecule has 2 atom stereocenters. The highest BCUT2D eigenvalue weighted by atomic mass is 16.5. The molecule has 0 radical (unpaired) electrons. The predicted molar refractivity (Wildman–Crippen MR) is 134 cm³/mol. The van der Waals surface area contributed by atoms with E-state index in [1.807, 2.05) is 65.8 Å². The summed E-state index contributed by atoms with van der Waals surface area (Å²) < 4.78 is 5.29. The van der Waals surface area contributed by atoms with E-state index in [9.17, 15) is 15.3 Å². The summed E-state index contributed by atoms with van der Waals surface area (Å²) in [6.07, 6.45) is 10.6. The van der Waals surface area contributed by atoms with Gasteiger partial charge in [-0.05, 0) is 96.9 Å². The Morgan fingerprint density at radius 2 is 1.69 bits per heavy atom. The van der Waals surface area contributed by atoms with Crippen LogP contribution in [0.2, 0.25) is 0 Å². The zero-order valence-corrected chi connectivity index (χ0v) is 20.9. The first-order valence-corrected chi connectivity index (χ1v) is 11.4. The van der Waals surface area contributed by atoms with Crippen molar-refractivity contribution in [1.29, 1.82) is 0 Å². The van der Waals surface area contributed by atoms with Gasteiger partial charge in [0.25, 0.3) is 0 Å². The van der Waals surface area contributed by atoms with Gasteiger partial charge in [-0.3, -0.25) is 0 Å². The fourth-order valence-electron chi connectivity index (χ4n) is 3.46. The Labute approximate surface area is 194 Å². The Hall–Kier alpha value is -2.30. The number of phenols is 1. The average Bonchev–Trinajstić information content (AvgIpc) is 2.72. The van der Waals surface area contributed by atoms with Crippen molar-refractivity contribution in [3.05, 3.63) is 69.9 Å². The molecule has 0 bridgehead atoms. The summed E-state index contributed by atoms with van der Waals surface area (Å²) in [7, 11) is 1.62. The zero-order chi connectivity index (χ0) is 24.3. The normalized spacial score (nSPS) is 14.8. The molecule has 0 amide bonds. The number of allylic oxidation sites excluding steroid dienone is 4. The van der Waals surface area contributed by atoms with Crippen LogP contribution in [0.15, 0.2) is 58.7 Å². The van der Waals surface area contributed by atoms with Gasteiger partial charge >= 0.3 is 0 Å². The van der Waals surface area contributed by atoms with Gasteiger partial charge in [0.1, 0.15) is 11.5 Å². The van der Waals surface area contributed by atoms with Crippen LogP contribution in [0.4, 0.5) is 0 Å². The predicted octanol–water partition coefficient (Wildman–Crippen LogP) is 6.34. The van der Waals surface area contributed by atoms with Gasteiger partial charge in [0.15, 0.2) is 0 Å². The number of rotatable bonds is 12. The summed E-state index contributed by atoms with van der Waals surface area (Å²) in [5.41, 5.74) is 6.01. The lowest BCUT2D eigenvalue weighted by molar-refractivity contribution is 0.213. The number of aliphatic hydroxyl groups is 2. The fourth-order valence-corrected chi connectivity index (χ4v) is 3.46. The van der Waals surface area contributed by atoms with Crippen LogP contribution in [-0.4, -0.2) is 34.6 Å². The third kappa shape index (κ3) is 10.3. The maximum Gasteiger partial charge on any atom is 0.122 e. The second-order valence-corrected chi connectivity index (χ2v) is 9.01. The molecule has 0 heterocycles. The summed E-state index contributed by atoms with van der Waals surface area (Å²) in [4.78, 5) is 0. The number of methoxy groups -OCH3 is 1. The molecular formula is C28H42O4. The van der Waals surface area contributed by atoms with E-state index in [4.69, 9.17) is 4.74 Å². The van der Waals surface area contributed by atoms with Gasteiger partial charge in [-0.25, -0.2) is 0 Å². The first-order chi connectivity index (χ1) is 15.0. The average molecular weight is 443 g/mol. The Balaban J connectivity index is 2.59. The number of phenolic OH excluding ortho intramolecular Hbond substituents is 1. The van der Waals surface area contributed by atoms with Gasteiger partial charge in [-0.2, -0.15) is 0 Å². The monoisotopic (exact) mass is 442 g/mol. The smallest absolute Gasteiger partial charge is 0.122 e. The standard InChI is InChI=1S/C28H42O4/c1-19(2)11-14-27(30)22(5)10-8-9-20(3)15-25(29)16-21(4)12-13-24-18-26(32-7)17-23(6)28(24)31/h10-12,15,17-18,25,27,29-31H,8-9,13-14,16H2,1-7H3/b20-15+,21-12+,22-10+/t25-,27+/m0/s1. The van der Waals surface area contributed by atoms with Crippen molar-refractivity contribution in [1.82, 2.24) is 0 Å². The lowest BCUT2D eigenvalue weighted by Crippen LogP contribution is -2.06. The van der Waals surface area contributed by atoms with Crippen molar-refractivity contribution in [2.75, 3.05) is 7.11 Å². The van der Waals surface area contributed by atoms with E-state index in [1.54, 1.807) is 7.11 Å². The van der Waals surface area contributed by atoms with Gasteiger partial charge in [0.2, 0.25) is 0 Å². The van der Waals surface area contributed by atoms with Crippen LogP contribution in [0.3, 0.4) is 0 Å². The maximum atomic E-state index is 10.4. The Morgan fingerprint density at radius 1 is 1.00 bits per heavy atom. The highest BCUT2D eigenvalue weighted by Gasteiger charge is 2.08. The van der Waals surface area contributed by atoms with E-state index in [-0.39, 0.29) is 0 Å². The molecule has 1 aromatic rings. The van der Waals surface area contributed by atoms with Crippen LogP contribution in [0.1, 0.15) is 71.4 Å². The number of ether oxygens (including phenoxy) is 1. The minimum atomic E-state index is -0.541. The molecule has 0 aliphatic carbocycles. The van der Waals surface area contributed by atoms with Crippen molar-refractivity contribution in [3.63, 3.8) is 0 Å². The van der Waals surface area contributed by atoms with E-state index in [0.717, 1.165) is 46.4 Å². The number of aryl methyl sites for hydroxylation is 1. The van der Waals surface area contributed by atoms with E-state index in [2.05, 4.69) is 12.2 Å². The van der Waals surface area contributed by atoms with Gasteiger partial charge in [0, 0.05) is 5.56 Å². The SMILES string of the molecule is COc1cc(C)c(O)c(C/C=C(\C)C[C@@H](O)/C=C(\C)CC/C=C(\C)[C@H](O)CC=C(C)C)c1. The maximum absolute atomic E-state index is 10.4. The van der Waals surface area contributed by atoms with Gasteiger partial charge in [-0.15, -0.1) is 0 Å². The number of benzene rings is 1. The van der Waals surface area contributed by atoms with E-state index in [1.165, 1.54) is 5.57 Å². The minimum Gasteiger partial charge on any atom is -0.507 e. The number of hydrogen-bond donors (Lipinski definition) is 3. The molecule has 0 spiro atoms. The molecule has 1 aromatic carbocycles. The molecule has 32 heavy (non-hydrogen) atoms. The van der Waals surface area contributed by atoms with Crippen LogP contribution in [0, 0.1) is 6.92 Å². The molecule has 0 fully saturated rings. The molecule has 0 unspecified atom stereocenters. The molecule has 4 heteroatoms. The Bertz CT molecular complexity index is 854. The lowest BCUT2D eigenvalue weighted by atomic mass is 10.0. The highest BCUT2D eigenvalue weighted by Crippen LogP contribution is 2.28. The summed E-state index contributed by atoms with van der Waals surface area (Å²) in [6, 6.07) is 3.66. The molecule has 4 nitrogen and oxygen atoms in total. The van der Waals surface area contributed by atoms with Gasteiger partial charge < -0.3 is 20.1 Å². The molecular weight excluding hydrogens is 400 g/mol. The lowest BCUT2D eigenvalue weighted by Gasteiger charge is -2.11. The van der Waals surface area contributed by atoms with Gasteiger partial charge in [0.05, 0.1) is 19.3 Å². The van der Waals surface area contributed by atoms with E-state index >= 15 is 0 Å². The van der Waals surface area contributed by atoms with Crippen LogP contribution in [0.25, 0.3) is 0 Å². The molecule has 0 saturated carbocycles. The minimum absolute atomic E-state index is 0.292. The summed E-state index contributed by atoms with van der Waals surface area (Å²) in [6.45, 7) is 11.9. The van der Waals surface area contributed by atoms with Crippen molar-refractivity contribution in [3.8, 4) is 11.5 Å². The van der Waals surface area contributed by atoms with Crippen molar-refractivity contribution in [2.24, 2.45) is 0 Å². The first-order valence-electron chi connectivity index (χ1n) is 11.4. The third-order valence-corrected chi connectivity index (χ3v) is 5.55. The Morgan fingerprint density at radius 3 is 2.31 bits per heavy atom. The second-order valence-electron chi connectivity index (χ2n) is 9.01. The largest absolute Gasteiger partial charge is 0.507 e. The molecule has 178 valence electrons. The molecule has 0 aliphatic heterocycles. The zero-order valence-electron chi connectivity index (χ0n) is 20.9. The Kier molecular flexibility index (Phi) is 12.1. The number of hydrogen-bond acceptors (Lipinski definition) is 4. The summed E-state index contributed by atoms with van der Waals surface area (Å²) in [5, 5.41) is 30.9. The van der Waals surface area contributed by atoms with Gasteiger partial charge in [-0.1, -0.05) is 41.0 Å². The van der Waals surface area contributed by atoms with Crippen molar-refractivity contribution >= 4 is 0 Å². The van der Waals surface area contributed by atoms with Crippen molar-refractivity contribution < 1.29 is 20.1 Å². The van der Waals surface area contributed by atoms with E-state index < -0.39 is 12.2 Å². The first kappa shape index (κ1) is 27.7. The topological polar surface area (TPSA) is 69.9 Å². The molecule has 0 saturated heterocycles.